The second-order valence-electron chi connectivity index (χ2n) is 3.87. The van der Waals surface area contributed by atoms with Gasteiger partial charge >= 0.3 is 5.97 Å². The Morgan fingerprint density at radius 1 is 1.44 bits per heavy atom. The maximum atomic E-state index is 11.6. The van der Waals surface area contributed by atoms with Crippen molar-refractivity contribution in [2.24, 2.45) is 5.92 Å². The lowest BCUT2D eigenvalue weighted by atomic mass is 10.1. The zero-order valence-corrected chi connectivity index (χ0v) is 10.2. The molecule has 0 fully saturated rings. The van der Waals surface area contributed by atoms with Gasteiger partial charge in [0.1, 0.15) is 6.61 Å². The summed E-state index contributed by atoms with van der Waals surface area (Å²) in [5.41, 5.74) is 0. The molecule has 1 unspecified atom stereocenters. The summed E-state index contributed by atoms with van der Waals surface area (Å²) in [7, 11) is 1.45. The third-order valence-electron chi connectivity index (χ3n) is 2.32. The van der Waals surface area contributed by atoms with Gasteiger partial charge in [0.25, 0.3) is 0 Å². The average molecular weight is 231 g/mol. The zero-order valence-electron chi connectivity index (χ0n) is 10.2. The zero-order chi connectivity index (χ0) is 12.6. The van der Waals surface area contributed by atoms with Crippen molar-refractivity contribution in [1.82, 2.24) is 4.90 Å². The summed E-state index contributed by atoms with van der Waals surface area (Å²) in [5, 5.41) is 8.80. The summed E-state index contributed by atoms with van der Waals surface area (Å²) in [6.07, 6.45) is 1.85. The van der Waals surface area contributed by atoms with Crippen molar-refractivity contribution < 1.29 is 19.4 Å². The molecule has 0 spiro atoms. The molecule has 0 aliphatic rings. The molecule has 0 radical (unpaired) electrons. The van der Waals surface area contributed by atoms with Crippen LogP contribution >= 0.6 is 0 Å². The van der Waals surface area contributed by atoms with Gasteiger partial charge in [-0.2, -0.15) is 0 Å². The maximum Gasteiger partial charge on any atom is 0.308 e. The first-order chi connectivity index (χ1) is 7.52. The summed E-state index contributed by atoms with van der Waals surface area (Å²) in [4.78, 5) is 23.9. The first-order valence-electron chi connectivity index (χ1n) is 5.52. The minimum Gasteiger partial charge on any atom is -0.481 e. The van der Waals surface area contributed by atoms with E-state index in [1.165, 1.54) is 7.11 Å². The molecule has 0 aromatic heterocycles. The van der Waals surface area contributed by atoms with Crippen LogP contribution in [0.3, 0.4) is 0 Å². The second-order valence-corrected chi connectivity index (χ2v) is 3.87. The van der Waals surface area contributed by atoms with Crippen LogP contribution in [0.25, 0.3) is 0 Å². The first kappa shape index (κ1) is 14.9. The number of carbonyl (C=O) groups excluding carboxylic acids is 1. The lowest BCUT2D eigenvalue weighted by molar-refractivity contribution is -0.143. The molecule has 5 heteroatoms. The van der Waals surface area contributed by atoms with Crippen molar-refractivity contribution in [3.05, 3.63) is 0 Å². The van der Waals surface area contributed by atoms with Gasteiger partial charge in [-0.25, -0.2) is 0 Å². The Morgan fingerprint density at radius 2 is 2.06 bits per heavy atom. The number of carbonyl (C=O) groups is 2. The number of ether oxygens (including phenoxy) is 1. The van der Waals surface area contributed by atoms with E-state index in [0.29, 0.717) is 6.54 Å². The summed E-state index contributed by atoms with van der Waals surface area (Å²) >= 11 is 0. The molecular weight excluding hydrogens is 210 g/mol. The summed E-state index contributed by atoms with van der Waals surface area (Å²) in [5.74, 6) is -1.58. The third kappa shape index (κ3) is 5.70. The highest BCUT2D eigenvalue weighted by molar-refractivity contribution is 5.78. The van der Waals surface area contributed by atoms with E-state index in [0.717, 1.165) is 12.8 Å². The van der Waals surface area contributed by atoms with Crippen LogP contribution in [-0.2, 0) is 14.3 Å². The van der Waals surface area contributed by atoms with Crippen molar-refractivity contribution in [2.75, 3.05) is 26.8 Å². The van der Waals surface area contributed by atoms with Crippen LogP contribution in [0.2, 0.25) is 0 Å². The number of hydrogen-bond donors (Lipinski definition) is 1. The van der Waals surface area contributed by atoms with E-state index >= 15 is 0 Å². The second kappa shape index (κ2) is 8.10. The average Bonchev–Trinajstić information content (AvgIpc) is 2.23. The molecule has 94 valence electrons. The summed E-state index contributed by atoms with van der Waals surface area (Å²) in [6.45, 7) is 4.48. The molecular formula is C11H21NO4. The molecule has 0 aromatic carbocycles. The predicted octanol–water partition coefficient (Wildman–Crippen LogP) is 0.982. The van der Waals surface area contributed by atoms with Gasteiger partial charge < -0.3 is 14.7 Å². The van der Waals surface area contributed by atoms with Crippen molar-refractivity contribution in [2.45, 2.75) is 26.7 Å². The molecule has 0 aliphatic heterocycles. The highest BCUT2D eigenvalue weighted by Gasteiger charge is 2.19. The molecule has 0 bridgehead atoms. The van der Waals surface area contributed by atoms with Gasteiger partial charge in [-0.05, 0) is 6.42 Å². The molecule has 0 heterocycles. The highest BCUT2D eigenvalue weighted by atomic mass is 16.5. The Bertz CT molecular complexity index is 230. The fourth-order valence-electron chi connectivity index (χ4n) is 1.29. The van der Waals surface area contributed by atoms with Crippen LogP contribution in [-0.4, -0.2) is 48.7 Å². The Morgan fingerprint density at radius 3 is 2.50 bits per heavy atom. The summed E-state index contributed by atoms with van der Waals surface area (Å²) < 4.78 is 4.77. The van der Waals surface area contributed by atoms with Gasteiger partial charge in [0.2, 0.25) is 5.91 Å². The Kier molecular flexibility index (Phi) is 7.54. The van der Waals surface area contributed by atoms with Gasteiger partial charge in [-0.1, -0.05) is 20.3 Å². The molecule has 1 N–H and O–H groups in total. The van der Waals surface area contributed by atoms with E-state index in [4.69, 9.17) is 9.84 Å². The van der Waals surface area contributed by atoms with Crippen LogP contribution < -0.4 is 0 Å². The monoisotopic (exact) mass is 231 g/mol. The van der Waals surface area contributed by atoms with Crippen molar-refractivity contribution in [1.29, 1.82) is 0 Å². The molecule has 0 aliphatic carbocycles. The molecule has 1 atom stereocenters. The lowest BCUT2D eigenvalue weighted by Crippen LogP contribution is -2.39. The molecule has 5 nitrogen and oxygen atoms in total. The number of hydrogen-bond acceptors (Lipinski definition) is 3. The van der Waals surface area contributed by atoms with E-state index in [1.54, 1.807) is 11.8 Å². The van der Waals surface area contributed by atoms with Crippen LogP contribution in [0.15, 0.2) is 0 Å². The Hall–Kier alpha value is -1.10. The molecule has 0 saturated heterocycles. The number of carboxylic acid groups (broad SMARTS) is 1. The van der Waals surface area contributed by atoms with Gasteiger partial charge in [0, 0.05) is 20.2 Å². The fraction of sp³-hybridized carbons (Fsp3) is 0.818. The van der Waals surface area contributed by atoms with Crippen molar-refractivity contribution in [3.63, 3.8) is 0 Å². The fourth-order valence-corrected chi connectivity index (χ4v) is 1.29. The number of amides is 1. The number of nitrogens with zero attached hydrogens (tertiary/aromatic N) is 1. The molecule has 0 aromatic rings. The minimum absolute atomic E-state index is 0.00997. The Balaban J connectivity index is 4.29. The SMILES string of the molecule is CCCCN(CC(C)C(=O)O)C(=O)COC. The van der Waals surface area contributed by atoms with E-state index in [2.05, 4.69) is 0 Å². The number of carboxylic acids is 1. The number of rotatable bonds is 8. The van der Waals surface area contributed by atoms with E-state index in [9.17, 15) is 9.59 Å². The minimum atomic E-state index is -0.883. The number of unbranched alkanes of at least 4 members (excludes halogenated alkanes) is 1. The van der Waals surface area contributed by atoms with Crippen LogP contribution in [0, 0.1) is 5.92 Å². The number of aliphatic carboxylic acids is 1. The van der Waals surface area contributed by atoms with Gasteiger partial charge in [-0.15, -0.1) is 0 Å². The van der Waals surface area contributed by atoms with Crippen molar-refractivity contribution in [3.8, 4) is 0 Å². The van der Waals surface area contributed by atoms with Crippen LogP contribution in [0.4, 0.5) is 0 Å². The Labute approximate surface area is 96.4 Å². The first-order valence-corrected chi connectivity index (χ1v) is 5.52. The van der Waals surface area contributed by atoms with Gasteiger partial charge in [0.15, 0.2) is 0 Å². The van der Waals surface area contributed by atoms with E-state index in [-0.39, 0.29) is 19.1 Å². The van der Waals surface area contributed by atoms with Gasteiger partial charge in [0.05, 0.1) is 5.92 Å². The molecule has 0 saturated carbocycles. The van der Waals surface area contributed by atoms with Crippen LogP contribution in [0.5, 0.6) is 0 Å². The third-order valence-corrected chi connectivity index (χ3v) is 2.32. The van der Waals surface area contributed by atoms with Gasteiger partial charge in [-0.3, -0.25) is 9.59 Å². The van der Waals surface area contributed by atoms with Crippen molar-refractivity contribution >= 4 is 11.9 Å². The maximum absolute atomic E-state index is 11.6. The normalized spacial score (nSPS) is 12.2. The van der Waals surface area contributed by atoms with Crippen LogP contribution in [0.1, 0.15) is 26.7 Å². The molecule has 0 rings (SSSR count). The summed E-state index contributed by atoms with van der Waals surface area (Å²) in [6, 6.07) is 0. The lowest BCUT2D eigenvalue weighted by Gasteiger charge is -2.24. The molecule has 1 amide bonds. The standard InChI is InChI=1S/C11H21NO4/c1-4-5-6-12(10(13)8-16-3)7-9(2)11(14)15/h9H,4-8H2,1-3H3,(H,14,15). The quantitative estimate of drug-likeness (QED) is 0.676. The van der Waals surface area contributed by atoms with E-state index in [1.807, 2.05) is 6.92 Å². The topological polar surface area (TPSA) is 66.8 Å². The number of methoxy groups -OCH3 is 1. The predicted molar refractivity (Wildman–Crippen MR) is 60.2 cm³/mol. The molecule has 16 heavy (non-hydrogen) atoms. The highest BCUT2D eigenvalue weighted by Crippen LogP contribution is 2.03. The largest absolute Gasteiger partial charge is 0.481 e. The van der Waals surface area contributed by atoms with E-state index < -0.39 is 11.9 Å². The smallest absolute Gasteiger partial charge is 0.308 e.